The molecule has 7 rings (SSSR count). The summed E-state index contributed by atoms with van der Waals surface area (Å²) in [5.74, 6) is -2.99. The molecule has 4 fully saturated rings. The number of benzene rings is 1. The number of hydrogen-bond donors (Lipinski definition) is 3. The van der Waals surface area contributed by atoms with Crippen molar-refractivity contribution in [3.05, 3.63) is 42.4 Å². The van der Waals surface area contributed by atoms with Crippen molar-refractivity contribution in [3.63, 3.8) is 0 Å². The van der Waals surface area contributed by atoms with Gasteiger partial charge in [-0.05, 0) is 82.3 Å². The molecule has 1 aromatic carbocycles. The molecule has 3 aliphatic carbocycles. The number of carbonyl (C=O) groups is 4. The fourth-order valence-corrected chi connectivity index (χ4v) is 9.29. The molecule has 0 unspecified atom stereocenters. The lowest BCUT2D eigenvalue weighted by molar-refractivity contribution is -0.142. The van der Waals surface area contributed by atoms with E-state index >= 15 is 0 Å². The van der Waals surface area contributed by atoms with Crippen molar-refractivity contribution in [2.24, 2.45) is 23.2 Å². The van der Waals surface area contributed by atoms with Gasteiger partial charge in [0.05, 0.1) is 30.4 Å². The summed E-state index contributed by atoms with van der Waals surface area (Å²) in [6.07, 6.45) is 8.55. The molecule has 2 aromatic rings. The van der Waals surface area contributed by atoms with Gasteiger partial charge in [0, 0.05) is 35.4 Å². The number of amides is 4. The third-order valence-corrected chi connectivity index (χ3v) is 14.6. The third-order valence-electron chi connectivity index (χ3n) is 12.4. The van der Waals surface area contributed by atoms with E-state index in [1.165, 1.54) is 30.3 Å². The van der Waals surface area contributed by atoms with Gasteiger partial charge >= 0.3 is 6.09 Å². The number of aromatic nitrogens is 1. The van der Waals surface area contributed by atoms with Crippen LogP contribution in [0.2, 0.25) is 0 Å². The first-order valence-electron chi connectivity index (χ1n) is 19.5. The van der Waals surface area contributed by atoms with Gasteiger partial charge in [-0.2, -0.15) is 0 Å². The Morgan fingerprint density at radius 1 is 1.09 bits per heavy atom. The maximum atomic E-state index is 14.8. The predicted molar refractivity (Wildman–Crippen MR) is 203 cm³/mol. The Morgan fingerprint density at radius 3 is 2.54 bits per heavy atom. The second-order valence-electron chi connectivity index (χ2n) is 17.3. The quantitative estimate of drug-likeness (QED) is 0.306. The van der Waals surface area contributed by atoms with E-state index in [2.05, 4.69) is 27.3 Å². The number of nitrogens with zero attached hydrogens (tertiary/aromatic N) is 2. The minimum Gasteiger partial charge on any atom is -0.496 e. The summed E-state index contributed by atoms with van der Waals surface area (Å²) >= 11 is 0. The lowest BCUT2D eigenvalue weighted by Gasteiger charge is -2.32. The number of alkyl carbamates (subject to hydrolysis) is 1. The van der Waals surface area contributed by atoms with E-state index in [0.29, 0.717) is 36.5 Å². The highest BCUT2D eigenvalue weighted by atomic mass is 32.2. The number of hydrogen-bond acceptors (Lipinski definition) is 10. The van der Waals surface area contributed by atoms with Gasteiger partial charge in [0.25, 0.3) is 5.91 Å². The number of nitrogens with one attached hydrogen (secondary N) is 3. The molecule has 0 bridgehead atoms. The van der Waals surface area contributed by atoms with Crippen LogP contribution in [0.25, 0.3) is 10.8 Å². The minimum absolute atomic E-state index is 0.0447. The van der Waals surface area contributed by atoms with E-state index in [-0.39, 0.29) is 54.9 Å². The lowest BCUT2D eigenvalue weighted by Crippen LogP contribution is -2.59. The van der Waals surface area contributed by atoms with Crippen LogP contribution in [-0.2, 0) is 29.1 Å². The van der Waals surface area contributed by atoms with E-state index in [0.717, 1.165) is 19.3 Å². The van der Waals surface area contributed by atoms with Gasteiger partial charge in [-0.3, -0.25) is 19.1 Å². The molecule has 4 amide bonds. The number of sulfonamides is 1. The highest BCUT2D eigenvalue weighted by Gasteiger charge is 2.63. The Labute approximate surface area is 326 Å². The molecular weight excluding hydrogens is 746 g/mol. The van der Waals surface area contributed by atoms with Crippen LogP contribution in [0.4, 0.5) is 9.18 Å². The number of ether oxygens (including phenoxy) is 3. The summed E-state index contributed by atoms with van der Waals surface area (Å²) in [6, 6.07) is 1.90. The zero-order valence-electron chi connectivity index (χ0n) is 32.6. The van der Waals surface area contributed by atoms with Crippen molar-refractivity contribution in [2.75, 3.05) is 20.3 Å². The molecule has 0 radical (unpaired) electrons. The van der Waals surface area contributed by atoms with Crippen LogP contribution in [0.3, 0.4) is 0 Å². The summed E-state index contributed by atoms with van der Waals surface area (Å²) < 4.78 is 59.6. The van der Waals surface area contributed by atoms with E-state index < -0.39 is 74.0 Å². The Kier molecular flexibility index (Phi) is 10.5. The van der Waals surface area contributed by atoms with Crippen LogP contribution in [0, 0.1) is 29.0 Å². The summed E-state index contributed by atoms with van der Waals surface area (Å²) in [6.45, 7) is 7.65. The molecule has 3 saturated carbocycles. The number of carbonyl (C=O) groups excluding carboxylic acids is 4. The van der Waals surface area contributed by atoms with Crippen LogP contribution in [-0.4, -0.2) is 90.9 Å². The van der Waals surface area contributed by atoms with Gasteiger partial charge in [-0.15, -0.1) is 0 Å². The summed E-state index contributed by atoms with van der Waals surface area (Å²) in [5.41, 5.74) is -1.65. The van der Waals surface area contributed by atoms with Crippen LogP contribution in [0.15, 0.2) is 36.5 Å². The van der Waals surface area contributed by atoms with Crippen molar-refractivity contribution in [2.45, 2.75) is 114 Å². The molecule has 3 N–H and O–H groups in total. The van der Waals surface area contributed by atoms with Gasteiger partial charge in [-0.25, -0.2) is 22.6 Å². The number of methoxy groups -OCH3 is 1. The molecular formula is C40H52FN5O9S. The zero-order chi connectivity index (χ0) is 40.2. The number of pyridine rings is 1. The monoisotopic (exact) mass is 797 g/mol. The molecule has 0 spiro atoms. The number of rotatable bonds is 9. The Hall–Kier alpha value is -4.47. The lowest BCUT2D eigenvalue weighted by atomic mass is 9.88. The molecule has 2 aliphatic heterocycles. The largest absolute Gasteiger partial charge is 0.496 e. The molecule has 5 aliphatic rings. The first-order valence-corrected chi connectivity index (χ1v) is 21.0. The predicted octanol–water partition coefficient (Wildman–Crippen LogP) is 4.51. The summed E-state index contributed by atoms with van der Waals surface area (Å²) in [5, 5.41) is 6.56. The summed E-state index contributed by atoms with van der Waals surface area (Å²) in [7, 11) is -2.60. The van der Waals surface area contributed by atoms with Crippen molar-refractivity contribution >= 4 is 44.6 Å². The smallest absolute Gasteiger partial charge is 0.407 e. The van der Waals surface area contributed by atoms with Crippen molar-refractivity contribution < 1.29 is 46.2 Å². The second kappa shape index (κ2) is 14.8. The SMILES string of the molecule is COc1cc(F)cc2c(O[C@@H]3C[C@H]4C(=O)N[C@]5(C(=O)NS(=O)(=O)C6(C)CC6)C[C@H]5/C=C\CC[C@@H](C)C[C@@H](C)[C@H](NC(=O)OCC5(C)CC5)C(=O)N4C3)nccc12. The molecule has 1 saturated heterocycles. The molecule has 56 heavy (non-hydrogen) atoms. The standard InChI is InChI=1S/C40H52FN5O9S/c1-23-8-6-7-9-25-20-40(25,36(49)45-56(51,52)39(4)13-14-39)44-33(47)30-19-27(55-34-29-17-26(41)18-31(53-5)28(29)10-15-42-34)21-46(30)35(48)32(24(2)16-23)43-37(50)54-22-38(3)11-12-38/h7,9-10,15,17-18,23-25,27,30,32H,6,8,11-14,16,19-22H2,1-5H3,(H,43,50)(H,44,47)(H,45,49)/b9-7-/t23-,24-,25-,27-,30+,32+,40-/m1/s1. The molecule has 7 atom stereocenters. The second-order valence-corrected chi connectivity index (χ2v) is 19.5. The van der Waals surface area contributed by atoms with Gasteiger partial charge in [0.15, 0.2) is 0 Å². The normalized spacial score (nSPS) is 31.4. The topological polar surface area (TPSA) is 182 Å². The van der Waals surface area contributed by atoms with Crippen molar-refractivity contribution in [1.82, 2.24) is 25.2 Å². The Bertz CT molecular complexity index is 2050. The maximum Gasteiger partial charge on any atom is 0.407 e. The molecule has 304 valence electrons. The highest BCUT2D eigenvalue weighted by molar-refractivity contribution is 7.91. The average molecular weight is 798 g/mol. The highest BCUT2D eigenvalue weighted by Crippen LogP contribution is 2.48. The number of fused-ring (bicyclic) bond motifs is 3. The Morgan fingerprint density at radius 2 is 1.84 bits per heavy atom. The summed E-state index contributed by atoms with van der Waals surface area (Å²) in [4.78, 5) is 62.2. The van der Waals surface area contributed by atoms with Crippen molar-refractivity contribution in [1.29, 1.82) is 0 Å². The molecule has 3 heterocycles. The fourth-order valence-electron chi connectivity index (χ4n) is 7.97. The fraction of sp³-hybridized carbons (Fsp3) is 0.625. The van der Waals surface area contributed by atoms with Crippen LogP contribution < -0.4 is 24.8 Å². The zero-order valence-corrected chi connectivity index (χ0v) is 33.4. The van der Waals surface area contributed by atoms with Crippen molar-refractivity contribution in [3.8, 4) is 11.6 Å². The van der Waals surface area contributed by atoms with Crippen LogP contribution >= 0.6 is 0 Å². The van der Waals surface area contributed by atoms with E-state index in [1.54, 1.807) is 13.0 Å². The third kappa shape index (κ3) is 8.03. The van der Waals surface area contributed by atoms with E-state index in [4.69, 9.17) is 14.2 Å². The molecule has 14 nitrogen and oxygen atoms in total. The van der Waals surface area contributed by atoms with Gasteiger partial charge in [0.2, 0.25) is 27.7 Å². The van der Waals surface area contributed by atoms with E-state index in [9.17, 15) is 32.0 Å². The first kappa shape index (κ1) is 39.8. The van der Waals surface area contributed by atoms with Crippen LogP contribution in [0.1, 0.15) is 85.5 Å². The number of allylic oxidation sites excluding steroid dienone is 1. The number of halogens is 1. The van der Waals surface area contributed by atoms with Gasteiger partial charge < -0.3 is 29.7 Å². The maximum absolute atomic E-state index is 14.8. The van der Waals surface area contributed by atoms with Gasteiger partial charge in [-0.1, -0.05) is 32.9 Å². The van der Waals surface area contributed by atoms with Gasteiger partial charge in [0.1, 0.15) is 35.3 Å². The first-order chi connectivity index (χ1) is 26.5. The Balaban J connectivity index is 1.21. The van der Waals surface area contributed by atoms with Crippen LogP contribution in [0.5, 0.6) is 11.6 Å². The van der Waals surface area contributed by atoms with E-state index in [1.807, 2.05) is 26.0 Å². The average Bonchev–Trinajstić information content (AvgIpc) is 4.11. The minimum atomic E-state index is -4.02. The molecule has 1 aromatic heterocycles. The molecule has 16 heteroatoms.